The molecule has 4 rings (SSSR count). The van der Waals surface area contributed by atoms with Gasteiger partial charge in [-0.3, -0.25) is 9.48 Å². The van der Waals surface area contributed by atoms with Crippen LogP contribution < -0.4 is 10.2 Å². The minimum atomic E-state index is -1.61. The monoisotopic (exact) mass is 393 g/mol. The van der Waals surface area contributed by atoms with Crippen LogP contribution in [0.15, 0.2) is 65.8 Å². The third-order valence-corrected chi connectivity index (χ3v) is 4.56. The third kappa shape index (κ3) is 3.60. The van der Waals surface area contributed by atoms with Gasteiger partial charge in [-0.25, -0.2) is 9.18 Å². The summed E-state index contributed by atoms with van der Waals surface area (Å²) in [6.45, 7) is 0.223. The molecule has 8 heteroatoms. The van der Waals surface area contributed by atoms with E-state index in [4.69, 9.17) is 5.11 Å². The number of nitrogens with zero attached hydrogens (tertiary/aromatic N) is 3. The summed E-state index contributed by atoms with van der Waals surface area (Å²) >= 11 is 0. The van der Waals surface area contributed by atoms with E-state index in [1.807, 2.05) is 37.5 Å². The first-order valence-electron chi connectivity index (χ1n) is 8.73. The average molecular weight is 393 g/mol. The number of hydrogen-bond donors (Lipinski definition) is 1. The van der Waals surface area contributed by atoms with Crippen molar-refractivity contribution in [3.63, 3.8) is 0 Å². The van der Waals surface area contributed by atoms with Gasteiger partial charge in [0, 0.05) is 25.4 Å². The normalized spacial score (nSPS) is 11.0. The van der Waals surface area contributed by atoms with Crippen LogP contribution in [0.25, 0.3) is 22.0 Å². The molecule has 0 saturated carbocycles. The van der Waals surface area contributed by atoms with Crippen LogP contribution in [0.5, 0.6) is 5.75 Å². The molecule has 2 aromatic carbocycles. The summed E-state index contributed by atoms with van der Waals surface area (Å²) in [5, 5.41) is 13.1. The Morgan fingerprint density at radius 1 is 1.14 bits per heavy atom. The Morgan fingerprint density at radius 3 is 2.55 bits per heavy atom. The van der Waals surface area contributed by atoms with E-state index in [2.05, 4.69) is 9.84 Å². The van der Waals surface area contributed by atoms with Crippen molar-refractivity contribution < 1.29 is 19.0 Å². The zero-order chi connectivity index (χ0) is 20.5. The van der Waals surface area contributed by atoms with Gasteiger partial charge >= 0.3 is 6.16 Å². The summed E-state index contributed by atoms with van der Waals surface area (Å²) in [5.74, 6) is -0.948. The van der Waals surface area contributed by atoms with Crippen LogP contribution in [-0.4, -0.2) is 25.6 Å². The van der Waals surface area contributed by atoms with Crippen LogP contribution in [0.4, 0.5) is 9.18 Å². The van der Waals surface area contributed by atoms with Crippen molar-refractivity contribution in [1.29, 1.82) is 0 Å². The smallest absolute Gasteiger partial charge is 0.449 e. The highest BCUT2D eigenvalue weighted by atomic mass is 19.1. The zero-order valence-corrected chi connectivity index (χ0v) is 15.4. The Morgan fingerprint density at radius 2 is 1.90 bits per heavy atom. The lowest BCUT2D eigenvalue weighted by atomic mass is 10.1. The Kier molecular flexibility index (Phi) is 4.59. The molecule has 0 aliphatic rings. The first-order valence-corrected chi connectivity index (χ1v) is 8.73. The van der Waals surface area contributed by atoms with Crippen molar-refractivity contribution >= 4 is 17.1 Å². The summed E-state index contributed by atoms with van der Waals surface area (Å²) in [4.78, 5) is 23.4. The maximum Gasteiger partial charge on any atom is 0.511 e. The number of ether oxygens (including phenoxy) is 1. The standard InChI is InChI=1S/C21H16FN3O4/c1-24-11-15(9-23-24)14-7-5-13(6-8-14)10-25-12-18(29-21(27)28)20(26)16-3-2-4-17(22)19(16)25/h2-9,11-12H,10H2,1H3,(H,27,28). The lowest BCUT2D eigenvalue weighted by Gasteiger charge is -2.14. The Hall–Kier alpha value is -3.94. The molecule has 2 aromatic heterocycles. The molecule has 146 valence electrons. The number of aromatic nitrogens is 3. The van der Waals surface area contributed by atoms with Crippen LogP contribution in [-0.2, 0) is 13.6 Å². The molecule has 0 unspecified atom stereocenters. The molecule has 0 aliphatic carbocycles. The molecule has 0 amide bonds. The maximum absolute atomic E-state index is 14.5. The van der Waals surface area contributed by atoms with Crippen LogP contribution in [0, 0.1) is 5.82 Å². The van der Waals surface area contributed by atoms with Gasteiger partial charge in [-0.2, -0.15) is 5.10 Å². The van der Waals surface area contributed by atoms with Crippen molar-refractivity contribution in [1.82, 2.24) is 14.3 Å². The predicted octanol–water partition coefficient (Wildman–Crippen LogP) is 3.65. The van der Waals surface area contributed by atoms with Crippen molar-refractivity contribution in [2.45, 2.75) is 6.54 Å². The second kappa shape index (κ2) is 7.23. The summed E-state index contributed by atoms with van der Waals surface area (Å²) in [7, 11) is 1.84. The van der Waals surface area contributed by atoms with Gasteiger partial charge in [0.05, 0.1) is 23.3 Å². The predicted molar refractivity (Wildman–Crippen MR) is 105 cm³/mol. The number of rotatable bonds is 4. The highest BCUT2D eigenvalue weighted by molar-refractivity contribution is 5.81. The lowest BCUT2D eigenvalue weighted by Crippen LogP contribution is -2.17. The number of fused-ring (bicyclic) bond motifs is 1. The number of carboxylic acid groups (broad SMARTS) is 1. The molecule has 29 heavy (non-hydrogen) atoms. The second-order valence-corrected chi connectivity index (χ2v) is 6.55. The van der Waals surface area contributed by atoms with E-state index in [1.165, 1.54) is 29.0 Å². The van der Waals surface area contributed by atoms with Crippen LogP contribution in [0.3, 0.4) is 0 Å². The fraction of sp³-hybridized carbons (Fsp3) is 0.0952. The summed E-state index contributed by atoms with van der Waals surface area (Å²) in [6.07, 6.45) is 3.27. The number of pyridine rings is 1. The van der Waals surface area contributed by atoms with Crippen molar-refractivity contribution in [2.75, 3.05) is 0 Å². The van der Waals surface area contributed by atoms with E-state index < -0.39 is 17.4 Å². The number of hydrogen-bond acceptors (Lipinski definition) is 4. The van der Waals surface area contributed by atoms with Crippen molar-refractivity contribution in [3.05, 3.63) is 82.7 Å². The molecule has 2 heterocycles. The van der Waals surface area contributed by atoms with E-state index in [0.717, 1.165) is 16.7 Å². The van der Waals surface area contributed by atoms with Crippen LogP contribution >= 0.6 is 0 Å². The van der Waals surface area contributed by atoms with Gasteiger partial charge in [0.25, 0.3) is 0 Å². The average Bonchev–Trinajstić information content (AvgIpc) is 3.12. The van der Waals surface area contributed by atoms with Gasteiger partial charge in [0.1, 0.15) is 5.82 Å². The fourth-order valence-corrected chi connectivity index (χ4v) is 3.25. The first-order chi connectivity index (χ1) is 13.9. The minimum absolute atomic E-state index is 0.0516. The molecule has 0 radical (unpaired) electrons. The Balaban J connectivity index is 1.76. The van der Waals surface area contributed by atoms with E-state index in [9.17, 15) is 14.0 Å². The summed E-state index contributed by atoms with van der Waals surface area (Å²) in [6, 6.07) is 11.7. The number of aryl methyl sites for hydroxylation is 1. The number of carbonyl (C=O) groups is 1. The molecule has 0 fully saturated rings. The third-order valence-electron chi connectivity index (χ3n) is 4.56. The number of benzene rings is 2. The molecular weight excluding hydrogens is 377 g/mol. The molecule has 0 spiro atoms. The van der Waals surface area contributed by atoms with E-state index in [0.29, 0.717) is 0 Å². The minimum Gasteiger partial charge on any atom is -0.449 e. The molecule has 1 N–H and O–H groups in total. The number of halogens is 1. The number of para-hydroxylation sites is 1. The Labute approximate surface area is 164 Å². The largest absolute Gasteiger partial charge is 0.511 e. The fourth-order valence-electron chi connectivity index (χ4n) is 3.25. The molecule has 0 aliphatic heterocycles. The van der Waals surface area contributed by atoms with Crippen molar-refractivity contribution in [3.8, 4) is 16.9 Å². The van der Waals surface area contributed by atoms with E-state index >= 15 is 0 Å². The molecule has 0 atom stereocenters. The summed E-state index contributed by atoms with van der Waals surface area (Å²) < 4.78 is 22.3. The van der Waals surface area contributed by atoms with E-state index in [1.54, 1.807) is 10.9 Å². The van der Waals surface area contributed by atoms with Gasteiger partial charge < -0.3 is 14.4 Å². The summed E-state index contributed by atoms with van der Waals surface area (Å²) in [5.41, 5.74) is 2.20. The van der Waals surface area contributed by atoms with E-state index in [-0.39, 0.29) is 23.2 Å². The molecular formula is C21H16FN3O4. The topological polar surface area (TPSA) is 86.4 Å². The zero-order valence-electron chi connectivity index (χ0n) is 15.4. The molecule has 7 nitrogen and oxygen atoms in total. The van der Waals surface area contributed by atoms with Crippen molar-refractivity contribution in [2.24, 2.45) is 7.05 Å². The lowest BCUT2D eigenvalue weighted by molar-refractivity contribution is 0.144. The van der Waals surface area contributed by atoms with Crippen LogP contribution in [0.1, 0.15) is 5.56 Å². The SMILES string of the molecule is Cn1cc(-c2ccc(Cn3cc(OC(=O)O)c(=O)c4cccc(F)c43)cc2)cn1. The maximum atomic E-state index is 14.5. The first kappa shape index (κ1) is 18.4. The highest BCUT2D eigenvalue weighted by Crippen LogP contribution is 2.22. The van der Waals surface area contributed by atoms with Crippen LogP contribution in [0.2, 0.25) is 0 Å². The second-order valence-electron chi connectivity index (χ2n) is 6.55. The Bertz CT molecular complexity index is 1280. The van der Waals surface area contributed by atoms with Gasteiger partial charge in [0.2, 0.25) is 5.43 Å². The highest BCUT2D eigenvalue weighted by Gasteiger charge is 2.16. The van der Waals surface area contributed by atoms with Gasteiger partial charge in [-0.05, 0) is 23.3 Å². The van der Waals surface area contributed by atoms with Gasteiger partial charge in [-0.15, -0.1) is 0 Å². The molecule has 0 saturated heterocycles. The molecule has 0 bridgehead atoms. The molecule has 4 aromatic rings. The van der Waals surface area contributed by atoms with Gasteiger partial charge in [-0.1, -0.05) is 30.3 Å². The van der Waals surface area contributed by atoms with Gasteiger partial charge in [0.15, 0.2) is 5.75 Å². The quantitative estimate of drug-likeness (QED) is 0.535.